The Kier molecular flexibility index (Phi) is 4.92. The lowest BCUT2D eigenvalue weighted by Gasteiger charge is -2.12. The van der Waals surface area contributed by atoms with Gasteiger partial charge in [0.1, 0.15) is 23.3 Å². The summed E-state index contributed by atoms with van der Waals surface area (Å²) in [5.74, 6) is 3.65. The van der Waals surface area contributed by atoms with Crippen molar-refractivity contribution in [1.29, 1.82) is 0 Å². The fraction of sp³-hybridized carbons (Fsp3) is 0.375. The van der Waals surface area contributed by atoms with E-state index in [-0.39, 0.29) is 0 Å². The summed E-state index contributed by atoms with van der Waals surface area (Å²) in [6.07, 6.45) is 2.00. The summed E-state index contributed by atoms with van der Waals surface area (Å²) in [6.45, 7) is 3.51. The normalized spacial score (nSPS) is 15.6. The van der Waals surface area contributed by atoms with Crippen LogP contribution in [0.1, 0.15) is 12.8 Å². The van der Waals surface area contributed by atoms with E-state index in [0.29, 0.717) is 0 Å². The molecule has 0 spiro atoms. The van der Waals surface area contributed by atoms with Crippen LogP contribution in [0.25, 0.3) is 0 Å². The Balaban J connectivity index is 1.65. The molecule has 0 fully saturated rings. The van der Waals surface area contributed by atoms with Crippen LogP contribution in [-0.4, -0.2) is 36.1 Å². The maximum atomic E-state index is 4.55. The van der Waals surface area contributed by atoms with Crippen LogP contribution >= 0.6 is 0 Å². The lowest BCUT2D eigenvalue weighted by atomic mass is 10.3. The highest BCUT2D eigenvalue weighted by Crippen LogP contribution is 2.11. The van der Waals surface area contributed by atoms with Crippen molar-refractivity contribution in [2.75, 3.05) is 47.4 Å². The minimum Gasteiger partial charge on any atom is -0.370 e. The van der Waals surface area contributed by atoms with E-state index in [0.717, 1.165) is 62.3 Å². The first-order valence-electron chi connectivity index (χ1n) is 7.80. The second kappa shape index (κ2) is 7.49. The molecule has 4 N–H and O–H groups in total. The van der Waals surface area contributed by atoms with Gasteiger partial charge in [0.05, 0.1) is 0 Å². The van der Waals surface area contributed by atoms with Gasteiger partial charge in [0.2, 0.25) is 0 Å². The van der Waals surface area contributed by atoms with E-state index in [1.165, 1.54) is 0 Å². The molecule has 3 heterocycles. The third-order valence-corrected chi connectivity index (χ3v) is 3.43. The van der Waals surface area contributed by atoms with Crippen LogP contribution in [0.3, 0.4) is 0 Å². The van der Waals surface area contributed by atoms with E-state index in [9.17, 15) is 0 Å². The van der Waals surface area contributed by atoms with Crippen LogP contribution in [-0.2, 0) is 0 Å². The number of fused-ring (bicyclic) bond motifs is 4. The zero-order valence-corrected chi connectivity index (χ0v) is 12.6. The van der Waals surface area contributed by atoms with Crippen molar-refractivity contribution in [2.24, 2.45) is 0 Å². The molecule has 1 aliphatic rings. The Labute approximate surface area is 130 Å². The smallest absolute Gasteiger partial charge is 0.128 e. The molecular formula is C16H22N6. The summed E-state index contributed by atoms with van der Waals surface area (Å²) in [7, 11) is 0. The number of hydrogen-bond donors (Lipinski definition) is 4. The lowest BCUT2D eigenvalue weighted by Crippen LogP contribution is -2.14. The summed E-state index contributed by atoms with van der Waals surface area (Å²) in [4.78, 5) is 9.10. The number of anilines is 4. The zero-order chi connectivity index (χ0) is 15.0. The van der Waals surface area contributed by atoms with Gasteiger partial charge >= 0.3 is 0 Å². The highest BCUT2D eigenvalue weighted by Gasteiger charge is 2.00. The third kappa shape index (κ3) is 4.25. The highest BCUT2D eigenvalue weighted by atomic mass is 15.1. The van der Waals surface area contributed by atoms with Crippen LogP contribution in [0, 0.1) is 0 Å². The van der Waals surface area contributed by atoms with Crippen molar-refractivity contribution >= 4 is 23.3 Å². The minimum absolute atomic E-state index is 0.876. The molecule has 3 rings (SSSR count). The maximum Gasteiger partial charge on any atom is 0.128 e. The van der Waals surface area contributed by atoms with Crippen LogP contribution in [0.4, 0.5) is 23.3 Å². The van der Waals surface area contributed by atoms with E-state index >= 15 is 0 Å². The summed E-state index contributed by atoms with van der Waals surface area (Å²) in [6, 6.07) is 12.0. The first kappa shape index (κ1) is 14.4. The Hall–Kier alpha value is -2.50. The van der Waals surface area contributed by atoms with Crippen molar-refractivity contribution in [3.63, 3.8) is 0 Å². The van der Waals surface area contributed by atoms with Gasteiger partial charge in [0.15, 0.2) is 0 Å². The van der Waals surface area contributed by atoms with Crippen LogP contribution in [0.2, 0.25) is 0 Å². The van der Waals surface area contributed by atoms with Crippen molar-refractivity contribution < 1.29 is 0 Å². The van der Waals surface area contributed by atoms with Gasteiger partial charge in [-0.05, 0) is 37.1 Å². The fourth-order valence-corrected chi connectivity index (χ4v) is 2.31. The predicted octanol–water partition coefficient (Wildman–Crippen LogP) is 2.62. The molecule has 2 aromatic heterocycles. The van der Waals surface area contributed by atoms with E-state index in [4.69, 9.17) is 0 Å². The van der Waals surface area contributed by atoms with Gasteiger partial charge in [-0.15, -0.1) is 0 Å². The Morgan fingerprint density at radius 3 is 1.18 bits per heavy atom. The van der Waals surface area contributed by atoms with Gasteiger partial charge in [0.25, 0.3) is 0 Å². The summed E-state index contributed by atoms with van der Waals surface area (Å²) >= 11 is 0. The molecule has 2 aromatic rings. The summed E-state index contributed by atoms with van der Waals surface area (Å²) < 4.78 is 0. The molecule has 1 aliphatic heterocycles. The number of aromatic nitrogens is 2. The van der Waals surface area contributed by atoms with E-state index in [2.05, 4.69) is 31.2 Å². The first-order chi connectivity index (χ1) is 10.9. The van der Waals surface area contributed by atoms with Gasteiger partial charge < -0.3 is 21.3 Å². The number of nitrogens with one attached hydrogen (secondary N) is 4. The van der Waals surface area contributed by atoms with Crippen LogP contribution in [0.15, 0.2) is 36.4 Å². The Morgan fingerprint density at radius 2 is 0.864 bits per heavy atom. The Morgan fingerprint density at radius 1 is 0.545 bits per heavy atom. The topological polar surface area (TPSA) is 73.9 Å². The molecule has 22 heavy (non-hydrogen) atoms. The molecule has 4 bridgehead atoms. The number of pyridine rings is 2. The second-order valence-corrected chi connectivity index (χ2v) is 5.23. The minimum atomic E-state index is 0.876. The van der Waals surface area contributed by atoms with Crippen molar-refractivity contribution in [3.05, 3.63) is 36.4 Å². The highest BCUT2D eigenvalue weighted by molar-refractivity contribution is 5.46. The molecule has 0 aromatic carbocycles. The van der Waals surface area contributed by atoms with E-state index in [1.807, 2.05) is 36.4 Å². The lowest BCUT2D eigenvalue weighted by molar-refractivity contribution is 0.883. The molecule has 116 valence electrons. The molecule has 0 radical (unpaired) electrons. The van der Waals surface area contributed by atoms with Crippen LogP contribution < -0.4 is 21.3 Å². The van der Waals surface area contributed by atoms with E-state index in [1.54, 1.807) is 0 Å². The molecule has 0 atom stereocenters. The monoisotopic (exact) mass is 298 g/mol. The summed E-state index contributed by atoms with van der Waals surface area (Å²) in [5, 5.41) is 13.4. The second-order valence-electron chi connectivity index (χ2n) is 5.23. The first-order valence-corrected chi connectivity index (χ1v) is 7.80. The molecule has 6 heteroatoms. The van der Waals surface area contributed by atoms with E-state index < -0.39 is 0 Å². The zero-order valence-electron chi connectivity index (χ0n) is 12.6. The fourth-order valence-electron chi connectivity index (χ4n) is 2.31. The van der Waals surface area contributed by atoms with Gasteiger partial charge in [0, 0.05) is 26.2 Å². The van der Waals surface area contributed by atoms with Gasteiger partial charge in [-0.2, -0.15) is 0 Å². The SMILES string of the molecule is c1cc2nc(c1)NCCCNc1cccc(n1)NCCCN2. The molecule has 6 nitrogen and oxygen atoms in total. The van der Waals surface area contributed by atoms with Gasteiger partial charge in [-0.3, -0.25) is 0 Å². The molecule has 0 unspecified atom stereocenters. The van der Waals surface area contributed by atoms with Crippen molar-refractivity contribution in [2.45, 2.75) is 12.8 Å². The number of rotatable bonds is 0. The van der Waals surface area contributed by atoms with Gasteiger partial charge in [-0.1, -0.05) is 12.1 Å². The number of hydrogen-bond acceptors (Lipinski definition) is 6. The molecule has 0 saturated carbocycles. The molecule has 0 saturated heterocycles. The third-order valence-electron chi connectivity index (χ3n) is 3.43. The standard InChI is InChI=1S/C16H22N6/c1-5-13-17-9-3-11-19-15-7-2-8-16(22-15)20-12-4-10-18-14(6-1)21-13/h1-2,5-8H,3-4,9-12H2,(H2,17,18,21)(H2,19,20,22). The number of nitrogens with zero attached hydrogens (tertiary/aromatic N) is 2. The molecule has 0 amide bonds. The molecular weight excluding hydrogens is 276 g/mol. The summed E-state index contributed by atoms with van der Waals surface area (Å²) in [5.41, 5.74) is 0. The predicted molar refractivity (Wildman–Crippen MR) is 91.7 cm³/mol. The quantitative estimate of drug-likeness (QED) is 0.599. The molecule has 0 aliphatic carbocycles. The van der Waals surface area contributed by atoms with Crippen LogP contribution in [0.5, 0.6) is 0 Å². The Bertz CT molecular complexity index is 505. The van der Waals surface area contributed by atoms with Gasteiger partial charge in [-0.25, -0.2) is 9.97 Å². The average molecular weight is 298 g/mol. The largest absolute Gasteiger partial charge is 0.370 e. The van der Waals surface area contributed by atoms with Crippen molar-refractivity contribution in [1.82, 2.24) is 9.97 Å². The average Bonchev–Trinajstić information content (AvgIpc) is 2.54. The maximum absolute atomic E-state index is 4.55. The van der Waals surface area contributed by atoms with Crippen molar-refractivity contribution in [3.8, 4) is 0 Å².